The molecule has 4 atom stereocenters. The lowest BCUT2D eigenvalue weighted by Crippen LogP contribution is -2.57. The molecule has 2 aliphatic rings. The summed E-state index contributed by atoms with van der Waals surface area (Å²) in [5, 5.41) is 13.5. The Balaban J connectivity index is 1.87. The second-order valence-corrected chi connectivity index (χ2v) is 9.82. The molecule has 0 unspecified atom stereocenters. The maximum absolute atomic E-state index is 13.9. The third kappa shape index (κ3) is 4.16. The second kappa shape index (κ2) is 9.91. The molecule has 8 nitrogen and oxygen atoms in total. The number of amides is 2. The first kappa shape index (κ1) is 25.1. The van der Waals surface area contributed by atoms with Gasteiger partial charge in [0.1, 0.15) is 5.54 Å². The predicted octanol–water partition coefficient (Wildman–Crippen LogP) is 3.21. The molecule has 0 aliphatic carbocycles. The van der Waals surface area contributed by atoms with E-state index in [-0.39, 0.29) is 24.0 Å². The number of nitrogens with zero attached hydrogens (tertiary/aromatic N) is 1. The van der Waals surface area contributed by atoms with E-state index < -0.39 is 35.3 Å². The van der Waals surface area contributed by atoms with Gasteiger partial charge in [0.15, 0.2) is 11.5 Å². The SMILES string of the molecule is CCOC(=O)[C@@]1(CCSC)N[C@@H](c2ccc(O)c(OC)c2)[C@H]2C(=O)N(c3ccc(C)cc3)C(=O)[C@@H]21. The summed E-state index contributed by atoms with van der Waals surface area (Å²) in [5.74, 6) is -2.30. The zero-order valence-electron chi connectivity index (χ0n) is 20.2. The quantitative estimate of drug-likeness (QED) is 0.422. The van der Waals surface area contributed by atoms with Gasteiger partial charge in [-0.25, -0.2) is 4.90 Å². The second-order valence-electron chi connectivity index (χ2n) is 8.84. The lowest BCUT2D eigenvalue weighted by Gasteiger charge is -2.33. The van der Waals surface area contributed by atoms with Gasteiger partial charge < -0.3 is 14.6 Å². The number of phenolic OH excluding ortho intramolecular Hbond substituents is 1. The Bertz CT molecular complexity index is 1140. The van der Waals surface area contributed by atoms with Crippen LogP contribution in [-0.4, -0.2) is 54.2 Å². The van der Waals surface area contributed by atoms with Crippen LogP contribution in [0.25, 0.3) is 0 Å². The van der Waals surface area contributed by atoms with E-state index in [1.54, 1.807) is 43.0 Å². The number of carbonyl (C=O) groups excluding carboxylic acids is 3. The van der Waals surface area contributed by atoms with Gasteiger partial charge in [-0.15, -0.1) is 0 Å². The number of benzene rings is 2. The number of aromatic hydroxyl groups is 1. The minimum Gasteiger partial charge on any atom is -0.504 e. The highest BCUT2D eigenvalue weighted by molar-refractivity contribution is 7.98. The molecule has 186 valence electrons. The minimum atomic E-state index is -1.37. The van der Waals surface area contributed by atoms with E-state index >= 15 is 0 Å². The maximum atomic E-state index is 13.9. The molecular formula is C26H30N2O6S. The van der Waals surface area contributed by atoms with Crippen molar-refractivity contribution < 1.29 is 29.0 Å². The molecule has 0 spiro atoms. The highest BCUT2D eigenvalue weighted by Crippen LogP contribution is 2.52. The monoisotopic (exact) mass is 498 g/mol. The predicted molar refractivity (Wildman–Crippen MR) is 134 cm³/mol. The molecule has 2 saturated heterocycles. The van der Waals surface area contributed by atoms with Gasteiger partial charge in [0.05, 0.1) is 31.2 Å². The van der Waals surface area contributed by atoms with Gasteiger partial charge >= 0.3 is 5.97 Å². The number of rotatable bonds is 8. The molecule has 2 heterocycles. The summed E-state index contributed by atoms with van der Waals surface area (Å²) in [5.41, 5.74) is 0.747. The lowest BCUT2D eigenvalue weighted by molar-refractivity contribution is -0.154. The summed E-state index contributed by atoms with van der Waals surface area (Å²) >= 11 is 1.55. The fourth-order valence-corrected chi connectivity index (χ4v) is 5.69. The first-order chi connectivity index (χ1) is 16.8. The number of imide groups is 1. The van der Waals surface area contributed by atoms with Crippen LogP contribution in [0.5, 0.6) is 11.5 Å². The number of thioether (sulfide) groups is 1. The van der Waals surface area contributed by atoms with E-state index in [0.29, 0.717) is 23.4 Å². The van der Waals surface area contributed by atoms with Crippen molar-refractivity contribution in [3.05, 3.63) is 53.6 Å². The summed E-state index contributed by atoms with van der Waals surface area (Å²) in [6.45, 7) is 3.80. The van der Waals surface area contributed by atoms with Gasteiger partial charge in [0.25, 0.3) is 0 Å². The summed E-state index contributed by atoms with van der Waals surface area (Å²) in [6, 6.07) is 11.3. The van der Waals surface area contributed by atoms with Crippen molar-refractivity contribution in [1.82, 2.24) is 5.32 Å². The highest BCUT2D eigenvalue weighted by atomic mass is 32.2. The normalized spacial score (nSPS) is 25.6. The zero-order chi connectivity index (χ0) is 25.3. The zero-order valence-corrected chi connectivity index (χ0v) is 21.1. The summed E-state index contributed by atoms with van der Waals surface area (Å²) in [6.07, 6.45) is 2.24. The summed E-state index contributed by atoms with van der Waals surface area (Å²) in [4.78, 5) is 42.4. The molecule has 0 bridgehead atoms. The van der Waals surface area contributed by atoms with Crippen LogP contribution >= 0.6 is 11.8 Å². The molecule has 2 aliphatic heterocycles. The first-order valence-corrected chi connectivity index (χ1v) is 12.9. The fourth-order valence-electron chi connectivity index (χ4n) is 5.17. The minimum absolute atomic E-state index is 0.0417. The van der Waals surface area contributed by atoms with Crippen molar-refractivity contribution in [2.45, 2.75) is 31.8 Å². The number of ether oxygens (including phenoxy) is 2. The Labute approximate surface area is 209 Å². The van der Waals surface area contributed by atoms with Crippen molar-refractivity contribution in [3.63, 3.8) is 0 Å². The van der Waals surface area contributed by atoms with Crippen LogP contribution in [0.1, 0.15) is 30.5 Å². The van der Waals surface area contributed by atoms with Gasteiger partial charge in [-0.05, 0) is 62.1 Å². The van der Waals surface area contributed by atoms with Crippen LogP contribution in [0.2, 0.25) is 0 Å². The average molecular weight is 499 g/mol. The number of esters is 1. The molecular weight excluding hydrogens is 468 g/mol. The number of phenols is 1. The van der Waals surface area contributed by atoms with Crippen molar-refractivity contribution in [2.75, 3.05) is 30.6 Å². The largest absolute Gasteiger partial charge is 0.504 e. The summed E-state index contributed by atoms with van der Waals surface area (Å²) in [7, 11) is 1.44. The van der Waals surface area contributed by atoms with Crippen molar-refractivity contribution in [1.29, 1.82) is 0 Å². The smallest absolute Gasteiger partial charge is 0.327 e. The molecule has 2 N–H and O–H groups in total. The van der Waals surface area contributed by atoms with E-state index in [9.17, 15) is 19.5 Å². The van der Waals surface area contributed by atoms with E-state index in [1.807, 2.05) is 25.3 Å². The van der Waals surface area contributed by atoms with Gasteiger partial charge in [-0.2, -0.15) is 11.8 Å². The fraction of sp³-hybridized carbons (Fsp3) is 0.423. The summed E-state index contributed by atoms with van der Waals surface area (Å²) < 4.78 is 10.7. The first-order valence-electron chi connectivity index (χ1n) is 11.5. The van der Waals surface area contributed by atoms with E-state index in [4.69, 9.17) is 9.47 Å². The van der Waals surface area contributed by atoms with Crippen molar-refractivity contribution in [3.8, 4) is 11.5 Å². The van der Waals surface area contributed by atoms with E-state index in [2.05, 4.69) is 5.32 Å². The molecule has 0 radical (unpaired) electrons. The highest BCUT2D eigenvalue weighted by Gasteiger charge is 2.68. The molecule has 2 aromatic rings. The molecule has 0 aromatic heterocycles. The third-order valence-electron chi connectivity index (χ3n) is 6.85. The molecule has 2 fully saturated rings. The van der Waals surface area contributed by atoms with Crippen LogP contribution in [0.3, 0.4) is 0 Å². The van der Waals surface area contributed by atoms with E-state index in [0.717, 1.165) is 5.56 Å². The topological polar surface area (TPSA) is 105 Å². The number of aryl methyl sites for hydroxylation is 1. The van der Waals surface area contributed by atoms with Gasteiger partial charge in [0, 0.05) is 6.04 Å². The van der Waals surface area contributed by atoms with Crippen LogP contribution in [0, 0.1) is 18.8 Å². The Morgan fingerprint density at radius 1 is 1.17 bits per heavy atom. The Hall–Kier alpha value is -3.04. The molecule has 4 rings (SSSR count). The standard InChI is InChI=1S/C26H30N2O6S/c1-5-34-25(32)26(12-13-35-4)21-20(22(27-26)16-8-11-18(29)19(14-16)33-3)23(30)28(24(21)31)17-9-6-15(2)7-10-17/h6-11,14,20-22,27,29H,5,12-13H2,1-4H3/t20-,21+,22-,26-/m0/s1. The Morgan fingerprint density at radius 2 is 1.89 bits per heavy atom. The maximum Gasteiger partial charge on any atom is 0.327 e. The number of carbonyl (C=O) groups is 3. The Kier molecular flexibility index (Phi) is 7.10. The van der Waals surface area contributed by atoms with Crippen molar-refractivity contribution >= 4 is 35.2 Å². The third-order valence-corrected chi connectivity index (χ3v) is 7.46. The van der Waals surface area contributed by atoms with Gasteiger partial charge in [-0.3, -0.25) is 19.7 Å². The van der Waals surface area contributed by atoms with Gasteiger partial charge in [0.2, 0.25) is 11.8 Å². The Morgan fingerprint density at radius 3 is 2.51 bits per heavy atom. The number of hydrogen-bond donors (Lipinski definition) is 2. The number of anilines is 1. The van der Waals surface area contributed by atoms with Crippen LogP contribution in [0.4, 0.5) is 5.69 Å². The van der Waals surface area contributed by atoms with Crippen LogP contribution in [-0.2, 0) is 19.1 Å². The number of nitrogens with one attached hydrogen (secondary N) is 1. The average Bonchev–Trinajstić information content (AvgIpc) is 3.33. The molecule has 9 heteroatoms. The number of hydrogen-bond acceptors (Lipinski definition) is 8. The van der Waals surface area contributed by atoms with Crippen LogP contribution < -0.4 is 15.0 Å². The van der Waals surface area contributed by atoms with Crippen molar-refractivity contribution in [2.24, 2.45) is 11.8 Å². The lowest BCUT2D eigenvalue weighted by atomic mass is 9.78. The van der Waals surface area contributed by atoms with E-state index in [1.165, 1.54) is 18.1 Å². The molecule has 2 amide bonds. The number of methoxy groups -OCH3 is 1. The van der Waals surface area contributed by atoms with Gasteiger partial charge in [-0.1, -0.05) is 23.8 Å². The van der Waals surface area contributed by atoms with Crippen LogP contribution in [0.15, 0.2) is 42.5 Å². The molecule has 0 saturated carbocycles. The number of fused-ring (bicyclic) bond motifs is 1. The molecule has 2 aromatic carbocycles. The molecule has 35 heavy (non-hydrogen) atoms.